The maximum absolute atomic E-state index is 10.4. The van der Waals surface area contributed by atoms with Gasteiger partial charge in [0.05, 0.1) is 6.26 Å². The topological polar surface area (TPSA) is 59.4 Å². The van der Waals surface area contributed by atoms with Crippen LogP contribution in [0.2, 0.25) is 0 Å². The fourth-order valence-corrected chi connectivity index (χ4v) is 2.91. The highest BCUT2D eigenvalue weighted by molar-refractivity contribution is 5.09. The lowest BCUT2D eigenvalue weighted by atomic mass is 9.78. The Morgan fingerprint density at radius 2 is 2.50 bits per heavy atom. The molecule has 1 aliphatic carbocycles. The van der Waals surface area contributed by atoms with Gasteiger partial charge in [0.1, 0.15) is 11.9 Å². The van der Waals surface area contributed by atoms with Gasteiger partial charge in [-0.2, -0.15) is 0 Å². The largest absolute Gasteiger partial charge is 0.467 e. The van der Waals surface area contributed by atoms with Crippen LogP contribution in [0.15, 0.2) is 22.8 Å². The molecule has 1 aliphatic rings. The SMILES string of the molecule is CCC1CCC(CN)(C(O)c2ccco2)C1. The zero-order valence-electron chi connectivity index (χ0n) is 9.86. The van der Waals surface area contributed by atoms with E-state index in [2.05, 4.69) is 6.92 Å². The Morgan fingerprint density at radius 1 is 1.69 bits per heavy atom. The normalized spacial score (nSPS) is 31.8. The van der Waals surface area contributed by atoms with Gasteiger partial charge in [-0.3, -0.25) is 0 Å². The molecule has 1 fully saturated rings. The van der Waals surface area contributed by atoms with Gasteiger partial charge in [0.25, 0.3) is 0 Å². The average molecular weight is 223 g/mol. The molecule has 0 amide bonds. The third-order valence-electron chi connectivity index (χ3n) is 4.12. The van der Waals surface area contributed by atoms with Crippen LogP contribution in [0.1, 0.15) is 44.5 Å². The smallest absolute Gasteiger partial charge is 0.132 e. The summed E-state index contributed by atoms with van der Waals surface area (Å²) in [5.41, 5.74) is 5.72. The zero-order valence-corrected chi connectivity index (χ0v) is 9.86. The monoisotopic (exact) mass is 223 g/mol. The molecule has 0 aliphatic heterocycles. The van der Waals surface area contributed by atoms with E-state index in [0.717, 1.165) is 12.8 Å². The highest BCUT2D eigenvalue weighted by Crippen LogP contribution is 2.50. The van der Waals surface area contributed by atoms with Crippen molar-refractivity contribution in [1.29, 1.82) is 0 Å². The first-order chi connectivity index (χ1) is 7.72. The van der Waals surface area contributed by atoms with Crippen molar-refractivity contribution in [2.45, 2.75) is 38.7 Å². The quantitative estimate of drug-likeness (QED) is 0.824. The van der Waals surface area contributed by atoms with Crippen LogP contribution in [0.4, 0.5) is 0 Å². The summed E-state index contributed by atoms with van der Waals surface area (Å²) in [7, 11) is 0. The third kappa shape index (κ3) is 1.89. The molecule has 3 nitrogen and oxygen atoms in total. The molecule has 3 heteroatoms. The Morgan fingerprint density at radius 3 is 3.00 bits per heavy atom. The lowest BCUT2D eigenvalue weighted by Gasteiger charge is -2.32. The molecule has 2 rings (SSSR count). The van der Waals surface area contributed by atoms with Crippen LogP contribution in [0.25, 0.3) is 0 Å². The zero-order chi connectivity index (χ0) is 11.6. The van der Waals surface area contributed by atoms with E-state index in [-0.39, 0.29) is 5.41 Å². The summed E-state index contributed by atoms with van der Waals surface area (Å²) in [6.45, 7) is 2.74. The van der Waals surface area contributed by atoms with Gasteiger partial charge in [-0.25, -0.2) is 0 Å². The highest BCUT2D eigenvalue weighted by Gasteiger charge is 2.44. The van der Waals surface area contributed by atoms with E-state index in [1.54, 1.807) is 6.26 Å². The number of aliphatic hydroxyl groups is 1. The minimum atomic E-state index is -0.552. The van der Waals surface area contributed by atoms with Crippen LogP contribution in [-0.2, 0) is 0 Å². The Kier molecular flexibility index (Phi) is 3.36. The first kappa shape index (κ1) is 11.7. The van der Waals surface area contributed by atoms with Crippen molar-refractivity contribution in [2.24, 2.45) is 17.1 Å². The first-order valence-corrected chi connectivity index (χ1v) is 6.13. The predicted octanol–water partition coefficient (Wildman–Crippen LogP) is 2.47. The van der Waals surface area contributed by atoms with Crippen molar-refractivity contribution in [3.8, 4) is 0 Å². The molecule has 0 bridgehead atoms. The number of nitrogens with two attached hydrogens (primary N) is 1. The van der Waals surface area contributed by atoms with Gasteiger partial charge in [-0.05, 0) is 37.3 Å². The molecule has 1 heterocycles. The molecular weight excluding hydrogens is 202 g/mol. The van der Waals surface area contributed by atoms with Gasteiger partial charge in [-0.15, -0.1) is 0 Å². The molecule has 1 aromatic rings. The molecule has 1 saturated carbocycles. The van der Waals surface area contributed by atoms with Gasteiger partial charge < -0.3 is 15.3 Å². The molecule has 0 radical (unpaired) electrons. The van der Waals surface area contributed by atoms with Crippen molar-refractivity contribution < 1.29 is 9.52 Å². The molecule has 90 valence electrons. The van der Waals surface area contributed by atoms with E-state index in [4.69, 9.17) is 10.2 Å². The van der Waals surface area contributed by atoms with Crippen molar-refractivity contribution in [3.05, 3.63) is 24.2 Å². The van der Waals surface area contributed by atoms with Gasteiger partial charge in [0.15, 0.2) is 0 Å². The fourth-order valence-electron chi connectivity index (χ4n) is 2.91. The van der Waals surface area contributed by atoms with Crippen LogP contribution in [0.3, 0.4) is 0 Å². The summed E-state index contributed by atoms with van der Waals surface area (Å²) in [5, 5.41) is 10.4. The van der Waals surface area contributed by atoms with Crippen molar-refractivity contribution in [3.63, 3.8) is 0 Å². The van der Waals surface area contributed by atoms with E-state index < -0.39 is 6.10 Å². The van der Waals surface area contributed by atoms with E-state index >= 15 is 0 Å². The summed E-state index contributed by atoms with van der Waals surface area (Å²) in [6.07, 6.45) is 5.42. The van der Waals surface area contributed by atoms with Crippen LogP contribution in [-0.4, -0.2) is 11.7 Å². The Hall–Kier alpha value is -0.800. The molecule has 3 unspecified atom stereocenters. The van der Waals surface area contributed by atoms with Crippen LogP contribution in [0.5, 0.6) is 0 Å². The lowest BCUT2D eigenvalue weighted by molar-refractivity contribution is 0.0137. The summed E-state index contributed by atoms with van der Waals surface area (Å²) in [6, 6.07) is 3.65. The number of hydrogen-bond donors (Lipinski definition) is 2. The molecule has 16 heavy (non-hydrogen) atoms. The van der Waals surface area contributed by atoms with Gasteiger partial charge in [0, 0.05) is 12.0 Å². The van der Waals surface area contributed by atoms with E-state index in [9.17, 15) is 5.11 Å². The maximum atomic E-state index is 10.4. The number of rotatable bonds is 4. The second-order valence-electron chi connectivity index (χ2n) is 5.00. The molecule has 3 atom stereocenters. The second kappa shape index (κ2) is 4.60. The molecule has 0 saturated heterocycles. The summed E-state index contributed by atoms with van der Waals surface area (Å²) >= 11 is 0. The molecular formula is C13H21NO2. The molecule has 3 N–H and O–H groups in total. The fraction of sp³-hybridized carbons (Fsp3) is 0.692. The average Bonchev–Trinajstić information content (AvgIpc) is 2.98. The number of aliphatic hydroxyl groups excluding tert-OH is 1. The standard InChI is InChI=1S/C13H21NO2/c1-2-10-5-6-13(8-10,9-14)12(15)11-4-3-7-16-11/h3-4,7,10,12,15H,2,5-6,8-9,14H2,1H3. The summed E-state index contributed by atoms with van der Waals surface area (Å²) < 4.78 is 5.30. The van der Waals surface area contributed by atoms with E-state index in [1.807, 2.05) is 12.1 Å². The maximum Gasteiger partial charge on any atom is 0.132 e. The third-order valence-corrected chi connectivity index (χ3v) is 4.12. The second-order valence-corrected chi connectivity index (χ2v) is 5.00. The van der Waals surface area contributed by atoms with Gasteiger partial charge in [0.2, 0.25) is 0 Å². The van der Waals surface area contributed by atoms with Crippen LogP contribution in [0, 0.1) is 11.3 Å². The summed E-state index contributed by atoms with van der Waals surface area (Å²) in [5.74, 6) is 1.36. The van der Waals surface area contributed by atoms with Gasteiger partial charge in [-0.1, -0.05) is 13.3 Å². The molecule has 0 spiro atoms. The lowest BCUT2D eigenvalue weighted by Crippen LogP contribution is -2.34. The van der Waals surface area contributed by atoms with Crippen LogP contribution >= 0.6 is 0 Å². The minimum Gasteiger partial charge on any atom is -0.467 e. The van der Waals surface area contributed by atoms with Crippen molar-refractivity contribution in [2.75, 3.05) is 6.54 Å². The molecule has 0 aromatic carbocycles. The molecule has 1 aromatic heterocycles. The summed E-state index contributed by atoms with van der Waals surface area (Å²) in [4.78, 5) is 0. The van der Waals surface area contributed by atoms with Crippen molar-refractivity contribution in [1.82, 2.24) is 0 Å². The van der Waals surface area contributed by atoms with Crippen LogP contribution < -0.4 is 5.73 Å². The first-order valence-electron chi connectivity index (χ1n) is 6.13. The highest BCUT2D eigenvalue weighted by atomic mass is 16.4. The number of furan rings is 1. The Bertz CT molecular complexity index is 323. The van der Waals surface area contributed by atoms with E-state index in [0.29, 0.717) is 18.2 Å². The predicted molar refractivity (Wildman–Crippen MR) is 62.8 cm³/mol. The van der Waals surface area contributed by atoms with Gasteiger partial charge >= 0.3 is 0 Å². The number of hydrogen-bond acceptors (Lipinski definition) is 3. The van der Waals surface area contributed by atoms with Crippen molar-refractivity contribution >= 4 is 0 Å². The van der Waals surface area contributed by atoms with E-state index in [1.165, 1.54) is 12.8 Å². The minimum absolute atomic E-state index is 0.168. The Balaban J connectivity index is 2.16. The Labute approximate surface area is 96.6 Å².